The number of hydrogen-bond acceptors (Lipinski definition) is 3. The number of carbonyl (C=O) groups is 1. The second-order valence-corrected chi connectivity index (χ2v) is 6.59. The van der Waals surface area contributed by atoms with E-state index < -0.39 is 4.92 Å². The number of amides is 2. The van der Waals surface area contributed by atoms with Crippen molar-refractivity contribution in [1.82, 2.24) is 4.90 Å². The van der Waals surface area contributed by atoms with E-state index in [0.29, 0.717) is 18.8 Å². The number of nitrogens with zero attached hydrogens (tertiary/aromatic N) is 3. The van der Waals surface area contributed by atoms with Crippen LogP contribution in [0.2, 0.25) is 10.0 Å². The number of urea groups is 1. The molecular formula is C13H15Cl2N3O3. The summed E-state index contributed by atoms with van der Waals surface area (Å²) in [6.45, 7) is 6.80. The van der Waals surface area contributed by atoms with Gasteiger partial charge in [-0.15, -0.1) is 0 Å². The summed E-state index contributed by atoms with van der Waals surface area (Å²) in [7, 11) is 0. The van der Waals surface area contributed by atoms with Crippen molar-refractivity contribution in [3.8, 4) is 0 Å². The third kappa shape index (κ3) is 2.91. The molecule has 1 aromatic carbocycles. The summed E-state index contributed by atoms with van der Waals surface area (Å²) in [4.78, 5) is 25.9. The molecule has 114 valence electrons. The molecule has 8 heteroatoms. The zero-order valence-corrected chi connectivity index (χ0v) is 13.4. The summed E-state index contributed by atoms with van der Waals surface area (Å²) < 4.78 is 0. The van der Waals surface area contributed by atoms with E-state index in [2.05, 4.69) is 0 Å². The van der Waals surface area contributed by atoms with E-state index >= 15 is 0 Å². The first-order valence-corrected chi connectivity index (χ1v) is 7.11. The Kier molecular flexibility index (Phi) is 4.04. The Balaban J connectivity index is 2.40. The van der Waals surface area contributed by atoms with Gasteiger partial charge in [-0.1, -0.05) is 23.2 Å². The van der Waals surface area contributed by atoms with Gasteiger partial charge < -0.3 is 4.90 Å². The summed E-state index contributed by atoms with van der Waals surface area (Å²) in [5.74, 6) is 0. The van der Waals surface area contributed by atoms with Gasteiger partial charge in [-0.05, 0) is 20.8 Å². The fraction of sp³-hybridized carbons (Fsp3) is 0.462. The molecule has 0 spiro atoms. The van der Waals surface area contributed by atoms with Crippen LogP contribution in [0.15, 0.2) is 12.1 Å². The highest BCUT2D eigenvalue weighted by atomic mass is 35.5. The Morgan fingerprint density at radius 3 is 2.10 bits per heavy atom. The zero-order chi connectivity index (χ0) is 15.9. The number of anilines is 1. The lowest BCUT2D eigenvalue weighted by molar-refractivity contribution is -0.384. The van der Waals surface area contributed by atoms with Crippen LogP contribution in [0.4, 0.5) is 16.2 Å². The maximum atomic E-state index is 12.5. The molecule has 0 aliphatic carbocycles. The summed E-state index contributed by atoms with van der Waals surface area (Å²) in [5, 5.41) is 11.0. The molecular weight excluding hydrogens is 317 g/mol. The van der Waals surface area contributed by atoms with E-state index in [1.165, 1.54) is 17.0 Å². The molecule has 1 heterocycles. The Hall–Kier alpha value is -1.53. The number of hydrogen-bond donors (Lipinski definition) is 0. The molecule has 1 saturated heterocycles. The van der Waals surface area contributed by atoms with E-state index in [-0.39, 0.29) is 27.3 Å². The first kappa shape index (κ1) is 15.9. The Bertz CT molecular complexity index is 590. The number of halogens is 2. The van der Waals surface area contributed by atoms with Gasteiger partial charge >= 0.3 is 6.03 Å². The SMILES string of the molecule is CC(C)(C)N1CCN(c2c(Cl)cc([N+](=O)[O-])cc2Cl)C1=O. The number of non-ortho nitro benzene ring substituents is 1. The van der Waals surface area contributed by atoms with Crippen molar-refractivity contribution in [3.63, 3.8) is 0 Å². The van der Waals surface area contributed by atoms with Gasteiger partial charge in [0.2, 0.25) is 0 Å². The number of nitro groups is 1. The van der Waals surface area contributed by atoms with Gasteiger partial charge in [0.25, 0.3) is 5.69 Å². The lowest BCUT2D eigenvalue weighted by atomic mass is 10.1. The molecule has 2 rings (SSSR count). The van der Waals surface area contributed by atoms with Crippen LogP contribution in [0.5, 0.6) is 0 Å². The molecule has 1 aliphatic rings. The lowest BCUT2D eigenvalue weighted by Gasteiger charge is -2.31. The molecule has 0 aromatic heterocycles. The minimum absolute atomic E-state index is 0.0957. The highest BCUT2D eigenvalue weighted by Gasteiger charge is 2.38. The lowest BCUT2D eigenvalue weighted by Crippen LogP contribution is -2.44. The van der Waals surface area contributed by atoms with Crippen LogP contribution in [0.25, 0.3) is 0 Å². The molecule has 21 heavy (non-hydrogen) atoms. The Morgan fingerprint density at radius 2 is 1.71 bits per heavy atom. The molecule has 0 saturated carbocycles. The van der Waals surface area contributed by atoms with Crippen molar-refractivity contribution < 1.29 is 9.72 Å². The van der Waals surface area contributed by atoms with Crippen molar-refractivity contribution in [3.05, 3.63) is 32.3 Å². The molecule has 0 radical (unpaired) electrons. The molecule has 1 aromatic rings. The van der Waals surface area contributed by atoms with Crippen LogP contribution in [-0.4, -0.2) is 34.5 Å². The van der Waals surface area contributed by atoms with E-state index in [1.54, 1.807) is 4.90 Å². The number of carbonyl (C=O) groups excluding carboxylic acids is 1. The molecule has 1 fully saturated rings. The van der Waals surface area contributed by atoms with Gasteiger partial charge in [0.1, 0.15) is 0 Å². The zero-order valence-electron chi connectivity index (χ0n) is 11.9. The van der Waals surface area contributed by atoms with E-state index in [4.69, 9.17) is 23.2 Å². The van der Waals surface area contributed by atoms with Crippen LogP contribution in [-0.2, 0) is 0 Å². The predicted octanol–water partition coefficient (Wildman–Crippen LogP) is 3.94. The van der Waals surface area contributed by atoms with E-state index in [1.807, 2.05) is 20.8 Å². The van der Waals surface area contributed by atoms with Crippen LogP contribution >= 0.6 is 23.2 Å². The Labute approximate surface area is 132 Å². The average Bonchev–Trinajstić information content (AvgIpc) is 2.70. The maximum Gasteiger partial charge on any atom is 0.325 e. The van der Waals surface area contributed by atoms with Crippen molar-refractivity contribution >= 4 is 40.6 Å². The molecule has 0 unspecified atom stereocenters. The largest absolute Gasteiger partial charge is 0.325 e. The van der Waals surface area contributed by atoms with Gasteiger partial charge in [0.05, 0.1) is 20.7 Å². The second kappa shape index (κ2) is 5.35. The van der Waals surface area contributed by atoms with E-state index in [0.717, 1.165) is 0 Å². The van der Waals surface area contributed by atoms with Gasteiger partial charge in [-0.2, -0.15) is 0 Å². The van der Waals surface area contributed by atoms with Gasteiger partial charge in [0, 0.05) is 30.8 Å². The van der Waals surface area contributed by atoms with E-state index in [9.17, 15) is 14.9 Å². The molecule has 0 bridgehead atoms. The van der Waals surface area contributed by atoms with Crippen molar-refractivity contribution in [1.29, 1.82) is 0 Å². The number of benzene rings is 1. The average molecular weight is 332 g/mol. The smallest absolute Gasteiger partial charge is 0.318 e. The number of rotatable bonds is 2. The monoisotopic (exact) mass is 331 g/mol. The van der Waals surface area contributed by atoms with Gasteiger partial charge in [-0.25, -0.2) is 4.79 Å². The fourth-order valence-corrected chi connectivity index (χ4v) is 2.96. The normalized spacial score (nSPS) is 15.8. The highest BCUT2D eigenvalue weighted by molar-refractivity contribution is 6.40. The van der Waals surface area contributed by atoms with Crippen molar-refractivity contribution in [2.24, 2.45) is 0 Å². The van der Waals surface area contributed by atoms with Crippen LogP contribution < -0.4 is 4.90 Å². The summed E-state index contributed by atoms with van der Waals surface area (Å²) in [5.41, 5.74) is -0.195. The first-order valence-electron chi connectivity index (χ1n) is 6.35. The molecule has 6 nitrogen and oxygen atoms in total. The summed E-state index contributed by atoms with van der Waals surface area (Å²) >= 11 is 12.2. The molecule has 0 N–H and O–H groups in total. The maximum absolute atomic E-state index is 12.5. The quantitative estimate of drug-likeness (QED) is 0.608. The van der Waals surface area contributed by atoms with Gasteiger partial charge in [0.15, 0.2) is 0 Å². The van der Waals surface area contributed by atoms with Crippen molar-refractivity contribution in [2.45, 2.75) is 26.3 Å². The predicted molar refractivity (Wildman–Crippen MR) is 82.3 cm³/mol. The van der Waals surface area contributed by atoms with Crippen molar-refractivity contribution in [2.75, 3.05) is 18.0 Å². The fourth-order valence-electron chi connectivity index (χ4n) is 2.28. The summed E-state index contributed by atoms with van der Waals surface area (Å²) in [6.07, 6.45) is 0. The molecule has 2 amide bonds. The Morgan fingerprint density at radius 1 is 1.19 bits per heavy atom. The van der Waals surface area contributed by atoms with Gasteiger partial charge in [-0.3, -0.25) is 15.0 Å². The van der Waals surface area contributed by atoms with Crippen LogP contribution in [0.3, 0.4) is 0 Å². The minimum atomic E-state index is -0.575. The first-order chi connectivity index (χ1) is 9.62. The standard InChI is InChI=1S/C13H15Cl2N3O3/c1-13(2,3)17-5-4-16(12(17)19)11-9(14)6-8(18(20)21)7-10(11)15/h6-7H,4-5H2,1-3H3. The van der Waals surface area contributed by atoms with Crippen LogP contribution in [0, 0.1) is 10.1 Å². The minimum Gasteiger partial charge on any atom is -0.318 e. The topological polar surface area (TPSA) is 66.7 Å². The third-order valence-electron chi connectivity index (χ3n) is 3.30. The second-order valence-electron chi connectivity index (χ2n) is 5.77. The number of nitro benzene ring substituents is 1. The molecule has 0 atom stereocenters. The summed E-state index contributed by atoms with van der Waals surface area (Å²) in [6, 6.07) is 2.20. The highest BCUT2D eigenvalue weighted by Crippen LogP contribution is 2.39. The van der Waals surface area contributed by atoms with Crippen LogP contribution in [0.1, 0.15) is 20.8 Å². The third-order valence-corrected chi connectivity index (χ3v) is 3.88. The molecule has 1 aliphatic heterocycles.